The van der Waals surface area contributed by atoms with Crippen LogP contribution in [0.25, 0.3) is 0 Å². The smallest absolute Gasteiger partial charge is 0.249 e. The molecule has 0 aromatic rings. The summed E-state index contributed by atoms with van der Waals surface area (Å²) in [5, 5.41) is 33.3. The van der Waals surface area contributed by atoms with Crippen molar-refractivity contribution < 1.29 is 20.1 Å². The number of allylic oxidation sites excluding steroid dienone is 3. The van der Waals surface area contributed by atoms with Gasteiger partial charge in [0, 0.05) is 0 Å². The largest absolute Gasteiger partial charge is 0.394 e. The third-order valence-electron chi connectivity index (χ3n) is 11.8. The van der Waals surface area contributed by atoms with Gasteiger partial charge in [0.25, 0.3) is 0 Å². The van der Waals surface area contributed by atoms with E-state index >= 15 is 0 Å². The van der Waals surface area contributed by atoms with E-state index in [2.05, 4.69) is 31.3 Å². The first kappa shape index (κ1) is 54.8. The number of carbonyl (C=O) groups excluding carboxylic acids is 1. The minimum atomic E-state index is -1.10. The predicted octanol–water partition coefficient (Wildman–Crippen LogP) is 14.9. The van der Waals surface area contributed by atoms with E-state index < -0.39 is 24.2 Å². The number of nitrogens with one attached hydrogen (secondary N) is 1. The van der Waals surface area contributed by atoms with Crippen molar-refractivity contribution in [1.29, 1.82) is 0 Å². The molecule has 332 valence electrons. The predicted molar refractivity (Wildman–Crippen MR) is 245 cm³/mol. The molecule has 0 aliphatic heterocycles. The van der Waals surface area contributed by atoms with Crippen molar-refractivity contribution >= 4 is 5.91 Å². The lowest BCUT2D eigenvalue weighted by molar-refractivity contribution is -0.131. The number of aliphatic hydroxyl groups excluding tert-OH is 3. The summed E-state index contributed by atoms with van der Waals surface area (Å²) in [6.07, 6.45) is 58.0. The lowest BCUT2D eigenvalue weighted by Crippen LogP contribution is -2.48. The normalized spacial score (nSPS) is 13.6. The lowest BCUT2D eigenvalue weighted by Gasteiger charge is -2.21. The van der Waals surface area contributed by atoms with Gasteiger partial charge >= 0.3 is 0 Å². The number of unbranched alkanes of at least 4 members (excludes halogenated alkanes) is 36. The van der Waals surface area contributed by atoms with Gasteiger partial charge in [0.2, 0.25) is 5.91 Å². The van der Waals surface area contributed by atoms with Crippen LogP contribution >= 0.6 is 0 Å². The number of aliphatic hydroxyl groups is 3. The zero-order valence-electron chi connectivity index (χ0n) is 37.8. The second kappa shape index (κ2) is 46.5. The molecule has 3 atom stereocenters. The van der Waals surface area contributed by atoms with Gasteiger partial charge in [0.15, 0.2) is 0 Å². The summed E-state index contributed by atoms with van der Waals surface area (Å²) in [5.41, 5.74) is 0. The summed E-state index contributed by atoms with van der Waals surface area (Å²) in [7, 11) is 0. The third kappa shape index (κ3) is 41.0. The van der Waals surface area contributed by atoms with E-state index in [9.17, 15) is 20.1 Å². The summed E-state index contributed by atoms with van der Waals surface area (Å²) < 4.78 is 0. The molecule has 5 heteroatoms. The molecular formula is C51H99NO4. The van der Waals surface area contributed by atoms with E-state index in [1.807, 2.05) is 6.08 Å². The molecule has 56 heavy (non-hydrogen) atoms. The molecule has 0 rings (SSSR count). The topological polar surface area (TPSA) is 89.8 Å². The Balaban J connectivity index is 3.62. The highest BCUT2D eigenvalue weighted by molar-refractivity contribution is 5.80. The van der Waals surface area contributed by atoms with Gasteiger partial charge in [-0.25, -0.2) is 0 Å². The molecule has 4 N–H and O–H groups in total. The Labute approximate surface area is 350 Å². The van der Waals surface area contributed by atoms with Crippen LogP contribution in [-0.2, 0) is 4.79 Å². The first-order chi connectivity index (χ1) is 27.6. The SMILES string of the molecule is CCCCCCCCCCCCC/C=C\CCCCCCCCC(O)C(=O)NC(CO)C(O)/C=C/CCCCCCCCCCCCCCCCCCCCC. The minimum Gasteiger partial charge on any atom is -0.394 e. The van der Waals surface area contributed by atoms with Crippen LogP contribution in [-0.4, -0.2) is 46.1 Å². The molecule has 0 bridgehead atoms. The van der Waals surface area contributed by atoms with Crippen LogP contribution in [0, 0.1) is 0 Å². The zero-order chi connectivity index (χ0) is 40.8. The van der Waals surface area contributed by atoms with E-state index in [1.54, 1.807) is 6.08 Å². The highest BCUT2D eigenvalue weighted by Crippen LogP contribution is 2.16. The molecule has 0 heterocycles. The number of amides is 1. The fourth-order valence-electron chi connectivity index (χ4n) is 7.83. The fraction of sp³-hybridized carbons (Fsp3) is 0.902. The molecule has 1 amide bonds. The number of rotatable bonds is 46. The van der Waals surface area contributed by atoms with Gasteiger partial charge in [-0.1, -0.05) is 250 Å². The van der Waals surface area contributed by atoms with Crippen LogP contribution in [0.2, 0.25) is 0 Å². The van der Waals surface area contributed by atoms with E-state index in [4.69, 9.17) is 0 Å². The van der Waals surface area contributed by atoms with Crippen LogP contribution < -0.4 is 5.32 Å². The third-order valence-corrected chi connectivity index (χ3v) is 11.8. The Morgan fingerprint density at radius 2 is 0.714 bits per heavy atom. The Kier molecular flexibility index (Phi) is 45.5. The maximum absolute atomic E-state index is 12.5. The van der Waals surface area contributed by atoms with E-state index in [0.29, 0.717) is 6.42 Å². The van der Waals surface area contributed by atoms with Crippen molar-refractivity contribution in [3.05, 3.63) is 24.3 Å². The Hall–Kier alpha value is -1.17. The van der Waals surface area contributed by atoms with Crippen molar-refractivity contribution in [3.8, 4) is 0 Å². The van der Waals surface area contributed by atoms with Crippen molar-refractivity contribution in [2.75, 3.05) is 6.61 Å². The van der Waals surface area contributed by atoms with Crippen molar-refractivity contribution in [2.24, 2.45) is 0 Å². The fourth-order valence-corrected chi connectivity index (χ4v) is 7.83. The van der Waals surface area contributed by atoms with Gasteiger partial charge in [-0.2, -0.15) is 0 Å². The molecule has 0 radical (unpaired) electrons. The molecule has 3 unspecified atom stereocenters. The van der Waals surface area contributed by atoms with Gasteiger partial charge in [-0.15, -0.1) is 0 Å². The summed E-state index contributed by atoms with van der Waals surface area (Å²) in [6, 6.07) is -0.799. The number of hydrogen-bond donors (Lipinski definition) is 4. The molecule has 0 fully saturated rings. The van der Waals surface area contributed by atoms with Crippen LogP contribution in [0.15, 0.2) is 24.3 Å². The van der Waals surface area contributed by atoms with Gasteiger partial charge < -0.3 is 20.6 Å². The Morgan fingerprint density at radius 3 is 1.04 bits per heavy atom. The minimum absolute atomic E-state index is 0.363. The van der Waals surface area contributed by atoms with E-state index in [1.165, 1.54) is 218 Å². The zero-order valence-corrected chi connectivity index (χ0v) is 37.8. The van der Waals surface area contributed by atoms with E-state index in [-0.39, 0.29) is 6.61 Å². The Morgan fingerprint density at radius 1 is 0.429 bits per heavy atom. The highest BCUT2D eigenvalue weighted by Gasteiger charge is 2.22. The molecule has 0 aromatic carbocycles. The second-order valence-electron chi connectivity index (χ2n) is 17.4. The van der Waals surface area contributed by atoms with E-state index in [0.717, 1.165) is 32.1 Å². The standard InChI is InChI=1S/C51H99NO4/c1-3-5-7-9-11-13-15-17-19-21-23-25-27-29-31-33-35-37-39-41-43-45-49(54)48(47-53)52-51(56)50(55)46-44-42-40-38-36-34-32-30-28-26-24-22-20-18-16-14-12-10-8-6-4-2/h28,30,43,45,48-50,53-55H,3-27,29,31-42,44,46-47H2,1-2H3,(H,52,56)/b30-28-,45-43+. The van der Waals surface area contributed by atoms with Crippen molar-refractivity contribution in [2.45, 2.75) is 289 Å². The van der Waals surface area contributed by atoms with Crippen LogP contribution in [0.4, 0.5) is 0 Å². The lowest BCUT2D eigenvalue weighted by atomic mass is 10.0. The molecular weight excluding hydrogens is 691 g/mol. The monoisotopic (exact) mass is 790 g/mol. The first-order valence-corrected chi connectivity index (χ1v) is 25.2. The molecule has 0 aliphatic carbocycles. The number of carbonyl (C=O) groups is 1. The molecule has 5 nitrogen and oxygen atoms in total. The maximum atomic E-state index is 12.5. The molecule has 0 saturated heterocycles. The highest BCUT2D eigenvalue weighted by atomic mass is 16.3. The number of hydrogen-bond acceptors (Lipinski definition) is 4. The maximum Gasteiger partial charge on any atom is 0.249 e. The Bertz CT molecular complexity index is 829. The van der Waals surface area contributed by atoms with Crippen LogP contribution in [0.1, 0.15) is 271 Å². The second-order valence-corrected chi connectivity index (χ2v) is 17.4. The summed E-state index contributed by atoms with van der Waals surface area (Å²) in [5.74, 6) is -0.504. The van der Waals surface area contributed by atoms with Crippen molar-refractivity contribution in [1.82, 2.24) is 5.32 Å². The molecule has 0 aliphatic rings. The average Bonchev–Trinajstić information content (AvgIpc) is 3.20. The molecule has 0 aromatic heterocycles. The first-order valence-electron chi connectivity index (χ1n) is 25.2. The van der Waals surface area contributed by atoms with Gasteiger partial charge in [0.05, 0.1) is 18.8 Å². The van der Waals surface area contributed by atoms with Gasteiger partial charge in [0.1, 0.15) is 6.10 Å². The quantitative estimate of drug-likeness (QED) is 0.0365. The molecule has 0 spiro atoms. The van der Waals surface area contributed by atoms with Gasteiger partial charge in [-0.3, -0.25) is 4.79 Å². The van der Waals surface area contributed by atoms with Gasteiger partial charge in [-0.05, 0) is 44.9 Å². The van der Waals surface area contributed by atoms with Crippen LogP contribution in [0.3, 0.4) is 0 Å². The molecule has 0 saturated carbocycles. The average molecular weight is 790 g/mol. The van der Waals surface area contributed by atoms with Crippen molar-refractivity contribution in [3.63, 3.8) is 0 Å². The summed E-state index contributed by atoms with van der Waals surface area (Å²) >= 11 is 0. The van der Waals surface area contributed by atoms with Crippen LogP contribution in [0.5, 0.6) is 0 Å². The summed E-state index contributed by atoms with van der Waals surface area (Å²) in [6.45, 7) is 4.21. The summed E-state index contributed by atoms with van der Waals surface area (Å²) in [4.78, 5) is 12.5.